The second-order valence-electron chi connectivity index (χ2n) is 2.97. The van der Waals surface area contributed by atoms with Crippen molar-refractivity contribution in [3.63, 3.8) is 0 Å². The lowest BCUT2D eigenvalue weighted by Crippen LogP contribution is -2.26. The van der Waals surface area contributed by atoms with Crippen molar-refractivity contribution in [2.24, 2.45) is 0 Å². The summed E-state index contributed by atoms with van der Waals surface area (Å²) in [6.07, 6.45) is 3.77. The molecular formula is C9H17N3O. The topological polar surface area (TPSA) is 49.9 Å². The highest BCUT2D eigenvalue weighted by Crippen LogP contribution is 1.91. The van der Waals surface area contributed by atoms with Gasteiger partial charge in [0.05, 0.1) is 12.4 Å². The van der Waals surface area contributed by atoms with Gasteiger partial charge < -0.3 is 15.0 Å². The lowest BCUT2D eigenvalue weighted by molar-refractivity contribution is 0.0759. The van der Waals surface area contributed by atoms with Crippen LogP contribution in [-0.2, 0) is 11.3 Å². The summed E-state index contributed by atoms with van der Waals surface area (Å²) in [5.74, 6) is 0. The van der Waals surface area contributed by atoms with Crippen LogP contribution in [0.3, 0.4) is 0 Å². The highest BCUT2D eigenvalue weighted by atomic mass is 16.5. The molecule has 0 fully saturated rings. The van der Waals surface area contributed by atoms with Gasteiger partial charge in [-0.15, -0.1) is 0 Å². The van der Waals surface area contributed by atoms with Crippen molar-refractivity contribution >= 4 is 0 Å². The molecule has 1 unspecified atom stereocenters. The maximum absolute atomic E-state index is 5.37. The molecule has 0 aliphatic rings. The first-order valence-corrected chi connectivity index (χ1v) is 4.62. The van der Waals surface area contributed by atoms with Gasteiger partial charge in [0.2, 0.25) is 0 Å². The van der Waals surface area contributed by atoms with E-state index in [1.54, 1.807) is 6.33 Å². The summed E-state index contributed by atoms with van der Waals surface area (Å²) in [4.78, 5) is 6.96. The van der Waals surface area contributed by atoms with Gasteiger partial charge in [-0.3, -0.25) is 0 Å². The molecule has 2 N–H and O–H groups in total. The minimum absolute atomic E-state index is 0.271. The molecule has 4 heteroatoms. The van der Waals surface area contributed by atoms with E-state index in [9.17, 15) is 0 Å². The van der Waals surface area contributed by atoms with E-state index in [0.717, 1.165) is 25.4 Å². The van der Waals surface area contributed by atoms with Crippen LogP contribution in [0, 0.1) is 0 Å². The number of H-pyrrole nitrogens is 1. The lowest BCUT2D eigenvalue weighted by Gasteiger charge is -2.11. The number of nitrogens with one attached hydrogen (secondary N) is 2. The molecule has 0 radical (unpaired) electrons. The predicted octanol–water partition coefficient (Wildman–Crippen LogP) is 0.924. The molecule has 0 bridgehead atoms. The molecule has 1 rings (SSSR count). The summed E-state index contributed by atoms with van der Waals surface area (Å²) in [5, 5.41) is 3.28. The molecular weight excluding hydrogens is 166 g/mol. The van der Waals surface area contributed by atoms with Crippen molar-refractivity contribution in [2.45, 2.75) is 26.5 Å². The van der Waals surface area contributed by atoms with Crippen molar-refractivity contribution in [3.05, 3.63) is 18.2 Å². The fourth-order valence-electron chi connectivity index (χ4n) is 1.13. The van der Waals surface area contributed by atoms with Crippen LogP contribution in [0.2, 0.25) is 0 Å². The monoisotopic (exact) mass is 183 g/mol. The molecule has 0 aliphatic carbocycles. The van der Waals surface area contributed by atoms with Crippen LogP contribution in [0.15, 0.2) is 12.5 Å². The van der Waals surface area contributed by atoms with E-state index in [2.05, 4.69) is 22.2 Å². The van der Waals surface area contributed by atoms with Crippen LogP contribution in [0.25, 0.3) is 0 Å². The Morgan fingerprint density at radius 1 is 1.69 bits per heavy atom. The summed E-state index contributed by atoms with van der Waals surface area (Å²) in [5.41, 5.74) is 1.10. The van der Waals surface area contributed by atoms with Gasteiger partial charge in [0.25, 0.3) is 0 Å². The number of nitrogens with zero attached hydrogens (tertiary/aromatic N) is 1. The van der Waals surface area contributed by atoms with Crippen LogP contribution in [0.4, 0.5) is 0 Å². The van der Waals surface area contributed by atoms with E-state index in [4.69, 9.17) is 4.74 Å². The van der Waals surface area contributed by atoms with E-state index < -0.39 is 0 Å². The number of rotatable bonds is 6. The van der Waals surface area contributed by atoms with Gasteiger partial charge in [-0.05, 0) is 13.8 Å². The molecule has 1 aromatic rings. The summed E-state index contributed by atoms with van der Waals surface area (Å²) in [6.45, 7) is 6.52. The summed E-state index contributed by atoms with van der Waals surface area (Å²) in [7, 11) is 0. The third kappa shape index (κ3) is 4.05. The Hall–Kier alpha value is -0.870. The molecule has 1 aromatic heterocycles. The smallest absolute Gasteiger partial charge is 0.0922 e. The van der Waals surface area contributed by atoms with E-state index in [1.165, 1.54) is 0 Å². The normalized spacial score (nSPS) is 13.1. The van der Waals surface area contributed by atoms with Gasteiger partial charge in [0.15, 0.2) is 0 Å². The molecule has 13 heavy (non-hydrogen) atoms. The van der Waals surface area contributed by atoms with Crippen molar-refractivity contribution in [1.29, 1.82) is 0 Å². The molecule has 0 aromatic carbocycles. The van der Waals surface area contributed by atoms with Gasteiger partial charge in [0.1, 0.15) is 0 Å². The predicted molar refractivity (Wildman–Crippen MR) is 51.4 cm³/mol. The van der Waals surface area contributed by atoms with Gasteiger partial charge in [-0.2, -0.15) is 0 Å². The Balaban J connectivity index is 2.07. The second-order valence-corrected chi connectivity index (χ2v) is 2.97. The standard InChI is InChI=1S/C9H17N3O/c1-3-13-8(2)4-10-5-9-6-11-7-12-9/h6-8,10H,3-5H2,1-2H3,(H,11,12). The first-order valence-electron chi connectivity index (χ1n) is 4.62. The average molecular weight is 183 g/mol. The molecule has 1 heterocycles. The van der Waals surface area contributed by atoms with Gasteiger partial charge >= 0.3 is 0 Å². The minimum atomic E-state index is 0.271. The quantitative estimate of drug-likeness (QED) is 0.689. The fourth-order valence-corrected chi connectivity index (χ4v) is 1.13. The zero-order valence-corrected chi connectivity index (χ0v) is 8.21. The number of ether oxygens (including phenoxy) is 1. The van der Waals surface area contributed by atoms with Crippen LogP contribution >= 0.6 is 0 Å². The minimum Gasteiger partial charge on any atom is -0.377 e. The maximum Gasteiger partial charge on any atom is 0.0922 e. The Morgan fingerprint density at radius 2 is 2.54 bits per heavy atom. The third-order valence-corrected chi connectivity index (χ3v) is 1.75. The SMILES string of the molecule is CCOC(C)CNCc1cnc[nH]1. The highest BCUT2D eigenvalue weighted by molar-refractivity contribution is 4.92. The average Bonchev–Trinajstić information content (AvgIpc) is 2.57. The first-order chi connectivity index (χ1) is 6.33. The van der Waals surface area contributed by atoms with Crippen LogP contribution in [0.5, 0.6) is 0 Å². The molecule has 1 atom stereocenters. The van der Waals surface area contributed by atoms with E-state index in [0.29, 0.717) is 0 Å². The Bertz CT molecular complexity index is 211. The Kier molecular flexibility index (Phi) is 4.49. The van der Waals surface area contributed by atoms with Crippen molar-refractivity contribution in [3.8, 4) is 0 Å². The van der Waals surface area contributed by atoms with Crippen molar-refractivity contribution < 1.29 is 4.74 Å². The van der Waals surface area contributed by atoms with Gasteiger partial charge in [0, 0.05) is 31.6 Å². The van der Waals surface area contributed by atoms with Crippen molar-refractivity contribution in [1.82, 2.24) is 15.3 Å². The van der Waals surface area contributed by atoms with E-state index in [1.807, 2.05) is 13.1 Å². The number of aromatic amines is 1. The van der Waals surface area contributed by atoms with Crippen LogP contribution in [0.1, 0.15) is 19.5 Å². The molecule has 4 nitrogen and oxygen atoms in total. The largest absolute Gasteiger partial charge is 0.377 e. The molecule has 74 valence electrons. The number of imidazole rings is 1. The first kappa shape index (κ1) is 10.2. The molecule has 0 saturated carbocycles. The van der Waals surface area contributed by atoms with Crippen molar-refractivity contribution in [2.75, 3.05) is 13.2 Å². The summed E-state index contributed by atoms with van der Waals surface area (Å²) in [6, 6.07) is 0. The van der Waals surface area contributed by atoms with Crippen LogP contribution < -0.4 is 5.32 Å². The summed E-state index contributed by atoms with van der Waals surface area (Å²) >= 11 is 0. The second kappa shape index (κ2) is 5.72. The fraction of sp³-hybridized carbons (Fsp3) is 0.667. The van der Waals surface area contributed by atoms with Gasteiger partial charge in [-0.25, -0.2) is 4.98 Å². The van der Waals surface area contributed by atoms with E-state index >= 15 is 0 Å². The molecule has 0 amide bonds. The van der Waals surface area contributed by atoms with Crippen LogP contribution in [-0.4, -0.2) is 29.2 Å². The highest BCUT2D eigenvalue weighted by Gasteiger charge is 1.99. The third-order valence-electron chi connectivity index (χ3n) is 1.75. The zero-order chi connectivity index (χ0) is 9.52. The molecule has 0 aliphatic heterocycles. The van der Waals surface area contributed by atoms with E-state index in [-0.39, 0.29) is 6.10 Å². The molecule has 0 spiro atoms. The van der Waals surface area contributed by atoms with Gasteiger partial charge in [-0.1, -0.05) is 0 Å². The number of aromatic nitrogens is 2. The Labute approximate surface area is 78.7 Å². The number of hydrogen-bond acceptors (Lipinski definition) is 3. The maximum atomic E-state index is 5.37. The zero-order valence-electron chi connectivity index (χ0n) is 8.21. The molecule has 0 saturated heterocycles. The Morgan fingerprint density at radius 3 is 3.15 bits per heavy atom. The summed E-state index contributed by atoms with van der Waals surface area (Å²) < 4.78 is 5.37. The lowest BCUT2D eigenvalue weighted by atomic mass is 10.4. The number of hydrogen-bond donors (Lipinski definition) is 2.